The lowest BCUT2D eigenvalue weighted by molar-refractivity contribution is -0.124. The lowest BCUT2D eigenvalue weighted by Gasteiger charge is -2.29. The number of carbonyl (C=O) groups excluding carboxylic acids is 2. The molecule has 33 heavy (non-hydrogen) atoms. The number of rotatable bonds is 6. The van der Waals surface area contributed by atoms with Crippen molar-refractivity contribution in [3.63, 3.8) is 0 Å². The van der Waals surface area contributed by atoms with Crippen LogP contribution >= 0.6 is 23.4 Å². The molecule has 0 unspecified atom stereocenters. The summed E-state index contributed by atoms with van der Waals surface area (Å²) in [5.74, 6) is 0.842. The zero-order valence-electron chi connectivity index (χ0n) is 18.0. The van der Waals surface area contributed by atoms with E-state index in [0.29, 0.717) is 28.8 Å². The second-order valence-electron chi connectivity index (χ2n) is 7.49. The van der Waals surface area contributed by atoms with Crippen LogP contribution in [0.15, 0.2) is 78.9 Å². The summed E-state index contributed by atoms with van der Waals surface area (Å²) in [6.07, 6.45) is 0. The quantitative estimate of drug-likeness (QED) is 0.500. The third-order valence-electron chi connectivity index (χ3n) is 5.35. The van der Waals surface area contributed by atoms with Crippen LogP contribution in [-0.4, -0.2) is 35.7 Å². The SMILES string of the molecule is COc1ccccc1NC(=O)N1[C@@H](c2ccccc2)SC[C@H]1C(=O)NCc1ccc(Cl)cc1. The van der Waals surface area contributed by atoms with Gasteiger partial charge in [-0.2, -0.15) is 0 Å². The summed E-state index contributed by atoms with van der Waals surface area (Å²) in [6.45, 7) is 0.356. The molecule has 3 amide bonds. The van der Waals surface area contributed by atoms with Crippen LogP contribution in [0.4, 0.5) is 10.5 Å². The molecular formula is C25H24ClN3O3S. The molecule has 3 aromatic carbocycles. The lowest BCUT2D eigenvalue weighted by atomic mass is 10.1. The van der Waals surface area contributed by atoms with E-state index >= 15 is 0 Å². The van der Waals surface area contributed by atoms with Gasteiger partial charge in [0.05, 0.1) is 12.8 Å². The third kappa shape index (κ3) is 5.43. The summed E-state index contributed by atoms with van der Waals surface area (Å²) in [5.41, 5.74) is 2.45. The third-order valence-corrected chi connectivity index (χ3v) is 6.93. The fraction of sp³-hybridized carbons (Fsp3) is 0.200. The van der Waals surface area contributed by atoms with Gasteiger partial charge in [0.15, 0.2) is 0 Å². The number of nitrogens with one attached hydrogen (secondary N) is 2. The summed E-state index contributed by atoms with van der Waals surface area (Å²) in [4.78, 5) is 28.2. The monoisotopic (exact) mass is 481 g/mol. The highest BCUT2D eigenvalue weighted by Crippen LogP contribution is 2.42. The highest BCUT2D eigenvalue weighted by atomic mass is 35.5. The number of hydrogen-bond acceptors (Lipinski definition) is 4. The van der Waals surface area contributed by atoms with E-state index in [4.69, 9.17) is 16.3 Å². The average molecular weight is 482 g/mol. The normalized spacial score (nSPS) is 17.5. The summed E-state index contributed by atoms with van der Waals surface area (Å²) < 4.78 is 5.36. The van der Waals surface area contributed by atoms with Gasteiger partial charge in [-0.3, -0.25) is 9.69 Å². The average Bonchev–Trinajstić information content (AvgIpc) is 3.30. The number of ether oxygens (including phenoxy) is 1. The molecule has 8 heteroatoms. The fourth-order valence-corrected chi connectivity index (χ4v) is 5.22. The molecule has 2 N–H and O–H groups in total. The second kappa shape index (κ2) is 10.6. The van der Waals surface area contributed by atoms with Crippen LogP contribution in [-0.2, 0) is 11.3 Å². The molecule has 170 valence electrons. The van der Waals surface area contributed by atoms with Crippen molar-refractivity contribution in [2.75, 3.05) is 18.2 Å². The first-order valence-electron chi connectivity index (χ1n) is 10.5. The number of amides is 3. The Morgan fingerprint density at radius 1 is 1.03 bits per heavy atom. The van der Waals surface area contributed by atoms with Gasteiger partial charge in [0.1, 0.15) is 17.2 Å². The first-order valence-corrected chi connectivity index (χ1v) is 11.9. The molecule has 2 atom stereocenters. The molecule has 1 saturated heterocycles. The highest BCUT2D eigenvalue weighted by Gasteiger charge is 2.42. The van der Waals surface area contributed by atoms with Crippen LogP contribution in [0.1, 0.15) is 16.5 Å². The number of anilines is 1. The number of para-hydroxylation sites is 2. The second-order valence-corrected chi connectivity index (χ2v) is 9.04. The predicted octanol–water partition coefficient (Wildman–Crippen LogP) is 5.31. The van der Waals surface area contributed by atoms with Crippen LogP contribution in [0.25, 0.3) is 0 Å². The van der Waals surface area contributed by atoms with Crippen LogP contribution in [0.3, 0.4) is 0 Å². The van der Waals surface area contributed by atoms with E-state index in [0.717, 1.165) is 11.1 Å². The smallest absolute Gasteiger partial charge is 0.323 e. The number of benzene rings is 3. The number of hydrogen-bond donors (Lipinski definition) is 2. The molecule has 1 aliphatic rings. The largest absolute Gasteiger partial charge is 0.495 e. The highest BCUT2D eigenvalue weighted by molar-refractivity contribution is 7.99. The van der Waals surface area contributed by atoms with Gasteiger partial charge in [-0.25, -0.2) is 4.79 Å². The maximum Gasteiger partial charge on any atom is 0.323 e. The minimum atomic E-state index is -0.623. The van der Waals surface area contributed by atoms with E-state index in [1.54, 1.807) is 48.0 Å². The summed E-state index contributed by atoms with van der Waals surface area (Å²) in [5, 5.41) is 6.24. The van der Waals surface area contributed by atoms with E-state index < -0.39 is 6.04 Å². The van der Waals surface area contributed by atoms with Crippen molar-refractivity contribution >= 4 is 41.0 Å². The Morgan fingerprint density at radius 2 is 1.73 bits per heavy atom. The van der Waals surface area contributed by atoms with E-state index in [-0.39, 0.29) is 17.3 Å². The zero-order chi connectivity index (χ0) is 23.2. The molecule has 0 saturated carbocycles. The van der Waals surface area contributed by atoms with Gasteiger partial charge in [0.2, 0.25) is 5.91 Å². The standard InChI is InChI=1S/C25H24ClN3O3S/c1-32-22-10-6-5-9-20(22)28-25(31)29-21(16-33-24(29)18-7-3-2-4-8-18)23(30)27-15-17-11-13-19(26)14-12-17/h2-14,21,24H,15-16H2,1H3,(H,27,30)(H,28,31)/t21-,24+/m0/s1. The topological polar surface area (TPSA) is 70.7 Å². The Bertz CT molecular complexity index is 1110. The Hall–Kier alpha value is -3.16. The van der Waals surface area contributed by atoms with Gasteiger partial charge in [0, 0.05) is 17.3 Å². The van der Waals surface area contributed by atoms with Crippen molar-refractivity contribution in [3.8, 4) is 5.75 Å². The number of urea groups is 1. The van der Waals surface area contributed by atoms with Gasteiger partial charge in [-0.1, -0.05) is 66.2 Å². The molecule has 1 heterocycles. The molecule has 0 radical (unpaired) electrons. The number of halogens is 1. The maximum absolute atomic E-state index is 13.4. The Kier molecular flexibility index (Phi) is 7.42. The van der Waals surface area contributed by atoms with Crippen LogP contribution in [0.5, 0.6) is 5.75 Å². The first kappa shape index (κ1) is 23.0. The summed E-state index contributed by atoms with van der Waals surface area (Å²) in [6, 6.07) is 23.2. The molecule has 1 aliphatic heterocycles. The van der Waals surface area contributed by atoms with E-state index in [1.165, 1.54) is 0 Å². The molecule has 6 nitrogen and oxygen atoms in total. The molecular weight excluding hydrogens is 458 g/mol. The minimum Gasteiger partial charge on any atom is -0.495 e. The number of nitrogens with zero attached hydrogens (tertiary/aromatic N) is 1. The zero-order valence-corrected chi connectivity index (χ0v) is 19.6. The molecule has 4 rings (SSSR count). The number of carbonyl (C=O) groups is 2. The van der Waals surface area contributed by atoms with Crippen molar-refractivity contribution in [2.24, 2.45) is 0 Å². The van der Waals surface area contributed by atoms with Gasteiger partial charge in [-0.05, 0) is 35.4 Å². The van der Waals surface area contributed by atoms with E-state index in [9.17, 15) is 9.59 Å². The Balaban J connectivity index is 1.55. The van der Waals surface area contributed by atoms with Crippen LogP contribution in [0, 0.1) is 0 Å². The van der Waals surface area contributed by atoms with Crippen LogP contribution < -0.4 is 15.4 Å². The number of methoxy groups -OCH3 is 1. The molecule has 0 bridgehead atoms. The molecule has 0 aromatic heterocycles. The minimum absolute atomic E-state index is 0.203. The van der Waals surface area contributed by atoms with Gasteiger partial charge >= 0.3 is 6.03 Å². The van der Waals surface area contributed by atoms with Gasteiger partial charge in [-0.15, -0.1) is 11.8 Å². The molecule has 1 fully saturated rings. The summed E-state index contributed by atoms with van der Waals surface area (Å²) in [7, 11) is 1.55. The van der Waals surface area contributed by atoms with E-state index in [2.05, 4.69) is 10.6 Å². The van der Waals surface area contributed by atoms with Crippen molar-refractivity contribution in [3.05, 3.63) is 95.0 Å². The van der Waals surface area contributed by atoms with Gasteiger partial charge in [0.25, 0.3) is 0 Å². The van der Waals surface area contributed by atoms with Crippen molar-refractivity contribution < 1.29 is 14.3 Å². The molecule has 0 spiro atoms. The predicted molar refractivity (Wildman–Crippen MR) is 133 cm³/mol. The van der Waals surface area contributed by atoms with Gasteiger partial charge < -0.3 is 15.4 Å². The van der Waals surface area contributed by atoms with Crippen LogP contribution in [0.2, 0.25) is 5.02 Å². The molecule has 3 aromatic rings. The fourth-order valence-electron chi connectivity index (χ4n) is 3.67. The lowest BCUT2D eigenvalue weighted by Crippen LogP contribution is -2.49. The Morgan fingerprint density at radius 3 is 2.45 bits per heavy atom. The maximum atomic E-state index is 13.4. The van der Waals surface area contributed by atoms with E-state index in [1.807, 2.05) is 54.6 Å². The first-order chi connectivity index (χ1) is 16.1. The van der Waals surface area contributed by atoms with Crippen molar-refractivity contribution in [1.82, 2.24) is 10.2 Å². The van der Waals surface area contributed by atoms with Crippen molar-refractivity contribution in [1.29, 1.82) is 0 Å². The number of thioether (sulfide) groups is 1. The molecule has 0 aliphatic carbocycles. The van der Waals surface area contributed by atoms with Crippen molar-refractivity contribution in [2.45, 2.75) is 18.0 Å². The Labute approximate surface area is 202 Å². The summed E-state index contributed by atoms with van der Waals surface area (Å²) >= 11 is 7.51.